The summed E-state index contributed by atoms with van der Waals surface area (Å²) in [7, 11) is 0. The van der Waals surface area contributed by atoms with Gasteiger partial charge in [-0.25, -0.2) is 0 Å². The normalized spacial score (nSPS) is 13.3. The van der Waals surface area contributed by atoms with Gasteiger partial charge in [-0.05, 0) is 32.8 Å². The van der Waals surface area contributed by atoms with Crippen LogP contribution in [-0.4, -0.2) is 17.4 Å². The Morgan fingerprint density at radius 1 is 1.32 bits per heavy atom. The number of ketones is 1. The lowest BCUT2D eigenvalue weighted by Crippen LogP contribution is -2.43. The molecule has 0 aliphatic rings. The third-order valence-corrected chi connectivity index (χ3v) is 3.07. The van der Waals surface area contributed by atoms with E-state index in [1.807, 2.05) is 30.3 Å². The Kier molecular flexibility index (Phi) is 6.19. The van der Waals surface area contributed by atoms with Gasteiger partial charge in [-0.1, -0.05) is 43.7 Å². The molecule has 1 N–H and O–H groups in total. The molecule has 1 rings (SSSR count). The molecule has 0 amide bonds. The van der Waals surface area contributed by atoms with E-state index in [1.165, 1.54) is 0 Å². The number of carbonyl (C=O) groups is 1. The van der Waals surface area contributed by atoms with E-state index in [0.29, 0.717) is 6.42 Å². The van der Waals surface area contributed by atoms with Crippen LogP contribution in [0.1, 0.15) is 46.1 Å². The summed E-state index contributed by atoms with van der Waals surface area (Å²) in [6.45, 7) is 7.87. The molecule has 1 aromatic rings. The zero-order valence-electron chi connectivity index (χ0n) is 12.4. The molecule has 3 nitrogen and oxygen atoms in total. The van der Waals surface area contributed by atoms with Gasteiger partial charge in [0, 0.05) is 12.0 Å². The molecule has 1 atom stereocenters. The second-order valence-electron chi connectivity index (χ2n) is 5.64. The predicted octanol–water partition coefficient (Wildman–Crippen LogP) is 3.29. The molecule has 19 heavy (non-hydrogen) atoms. The van der Waals surface area contributed by atoms with E-state index in [0.717, 1.165) is 18.4 Å². The Balaban J connectivity index is 2.57. The molecule has 0 aromatic heterocycles. The Bertz CT molecular complexity index is 387. The molecule has 0 bridgehead atoms. The van der Waals surface area contributed by atoms with Crippen molar-refractivity contribution in [3.8, 4) is 0 Å². The summed E-state index contributed by atoms with van der Waals surface area (Å²) in [5.41, 5.74) is 4.04. The number of Topliss-reactive ketones (excluding diaryl/α,β-unsaturated/α-hetero) is 1. The van der Waals surface area contributed by atoms with Crippen molar-refractivity contribution in [2.45, 2.75) is 58.6 Å². The molecule has 0 radical (unpaired) electrons. The van der Waals surface area contributed by atoms with E-state index in [4.69, 9.17) is 4.84 Å². The van der Waals surface area contributed by atoms with Crippen LogP contribution in [0.15, 0.2) is 30.3 Å². The van der Waals surface area contributed by atoms with Gasteiger partial charge in [-0.3, -0.25) is 9.63 Å². The largest absolute Gasteiger partial charge is 0.297 e. The lowest BCUT2D eigenvalue weighted by Gasteiger charge is -2.27. The van der Waals surface area contributed by atoms with Crippen molar-refractivity contribution in [2.24, 2.45) is 0 Å². The van der Waals surface area contributed by atoms with Crippen molar-refractivity contribution < 1.29 is 9.63 Å². The molecule has 106 valence electrons. The Labute approximate surface area is 116 Å². The van der Waals surface area contributed by atoms with Gasteiger partial charge in [-0.2, -0.15) is 5.48 Å². The van der Waals surface area contributed by atoms with Gasteiger partial charge in [-0.15, -0.1) is 0 Å². The third-order valence-electron chi connectivity index (χ3n) is 3.07. The Morgan fingerprint density at radius 3 is 2.47 bits per heavy atom. The first-order valence-corrected chi connectivity index (χ1v) is 6.92. The molecule has 0 heterocycles. The van der Waals surface area contributed by atoms with Crippen LogP contribution in [0.25, 0.3) is 0 Å². The lowest BCUT2D eigenvalue weighted by molar-refractivity contribution is -0.138. The fourth-order valence-corrected chi connectivity index (χ4v) is 2.00. The molecule has 0 fully saturated rings. The minimum absolute atomic E-state index is 0.0450. The first-order valence-electron chi connectivity index (χ1n) is 6.92. The summed E-state index contributed by atoms with van der Waals surface area (Å²) in [5, 5.41) is 0. The van der Waals surface area contributed by atoms with Crippen LogP contribution in [0.5, 0.6) is 0 Å². The van der Waals surface area contributed by atoms with Crippen molar-refractivity contribution >= 4 is 5.78 Å². The van der Waals surface area contributed by atoms with E-state index in [1.54, 1.807) is 6.92 Å². The van der Waals surface area contributed by atoms with E-state index >= 15 is 0 Å². The number of nitrogens with one attached hydrogen (secondary N) is 1. The summed E-state index contributed by atoms with van der Waals surface area (Å²) in [4.78, 5) is 17.3. The molecule has 0 spiro atoms. The first-order chi connectivity index (χ1) is 8.94. The average Bonchev–Trinajstić information content (AvgIpc) is 2.35. The second-order valence-corrected chi connectivity index (χ2v) is 5.64. The summed E-state index contributed by atoms with van der Waals surface area (Å²) < 4.78 is 0. The maximum absolute atomic E-state index is 11.7. The number of benzene rings is 1. The van der Waals surface area contributed by atoms with E-state index in [9.17, 15) is 4.79 Å². The highest BCUT2D eigenvalue weighted by Crippen LogP contribution is 2.13. The van der Waals surface area contributed by atoms with E-state index in [2.05, 4.69) is 26.3 Å². The molecule has 0 saturated heterocycles. The zero-order valence-corrected chi connectivity index (χ0v) is 12.4. The molecule has 0 aliphatic carbocycles. The fraction of sp³-hybridized carbons (Fsp3) is 0.562. The quantitative estimate of drug-likeness (QED) is 0.731. The number of rotatable bonds is 8. The van der Waals surface area contributed by atoms with Gasteiger partial charge in [0.05, 0.1) is 0 Å². The standard InChI is InChI=1S/C16H25NO2/c1-5-11-16(3,4)17-19-15(13(2)18)12-14-9-7-6-8-10-14/h6-10,15,17H,5,11-12H2,1-4H3. The Morgan fingerprint density at radius 2 is 1.95 bits per heavy atom. The van der Waals surface area contributed by atoms with Crippen molar-refractivity contribution in [3.63, 3.8) is 0 Å². The molecule has 1 unspecified atom stereocenters. The van der Waals surface area contributed by atoms with Gasteiger partial charge in [0.25, 0.3) is 0 Å². The maximum atomic E-state index is 11.7. The van der Waals surface area contributed by atoms with Crippen LogP contribution in [-0.2, 0) is 16.1 Å². The summed E-state index contributed by atoms with van der Waals surface area (Å²) in [6.07, 6.45) is 2.25. The zero-order chi connectivity index (χ0) is 14.3. The SMILES string of the molecule is CCCC(C)(C)NOC(Cc1ccccc1)C(C)=O. The third kappa shape index (κ3) is 5.99. The summed E-state index contributed by atoms with van der Waals surface area (Å²) in [6, 6.07) is 9.94. The van der Waals surface area contributed by atoms with E-state index < -0.39 is 6.10 Å². The second kappa shape index (κ2) is 7.41. The number of carbonyl (C=O) groups excluding carboxylic acids is 1. The molecular formula is C16H25NO2. The number of hydrogen-bond acceptors (Lipinski definition) is 3. The minimum atomic E-state index is -0.432. The van der Waals surface area contributed by atoms with Gasteiger partial charge < -0.3 is 0 Å². The Hall–Kier alpha value is -1.19. The predicted molar refractivity (Wildman–Crippen MR) is 77.8 cm³/mol. The van der Waals surface area contributed by atoms with Gasteiger partial charge in [0.15, 0.2) is 5.78 Å². The average molecular weight is 263 g/mol. The monoisotopic (exact) mass is 263 g/mol. The van der Waals surface area contributed by atoms with Gasteiger partial charge in [0.1, 0.15) is 6.10 Å². The number of hydrogen-bond donors (Lipinski definition) is 1. The first kappa shape index (κ1) is 15.9. The minimum Gasteiger partial charge on any atom is -0.297 e. The van der Waals surface area contributed by atoms with Crippen molar-refractivity contribution in [1.29, 1.82) is 0 Å². The smallest absolute Gasteiger partial charge is 0.160 e. The summed E-state index contributed by atoms with van der Waals surface area (Å²) >= 11 is 0. The van der Waals surface area contributed by atoms with Crippen LogP contribution in [0, 0.1) is 0 Å². The topological polar surface area (TPSA) is 38.3 Å². The van der Waals surface area contributed by atoms with Crippen LogP contribution >= 0.6 is 0 Å². The molecule has 1 aromatic carbocycles. The molecule has 0 aliphatic heterocycles. The van der Waals surface area contributed by atoms with Crippen molar-refractivity contribution in [1.82, 2.24) is 5.48 Å². The van der Waals surface area contributed by atoms with Crippen LogP contribution < -0.4 is 5.48 Å². The summed E-state index contributed by atoms with van der Waals surface area (Å²) in [5.74, 6) is 0.0450. The van der Waals surface area contributed by atoms with Crippen LogP contribution in [0.2, 0.25) is 0 Å². The van der Waals surface area contributed by atoms with Crippen LogP contribution in [0.3, 0.4) is 0 Å². The van der Waals surface area contributed by atoms with Crippen molar-refractivity contribution in [3.05, 3.63) is 35.9 Å². The van der Waals surface area contributed by atoms with E-state index in [-0.39, 0.29) is 11.3 Å². The van der Waals surface area contributed by atoms with Crippen molar-refractivity contribution in [2.75, 3.05) is 0 Å². The highest BCUT2D eigenvalue weighted by molar-refractivity contribution is 5.80. The molecule has 3 heteroatoms. The van der Waals surface area contributed by atoms with Gasteiger partial charge in [0.2, 0.25) is 0 Å². The molecule has 0 saturated carbocycles. The maximum Gasteiger partial charge on any atom is 0.160 e. The number of hydroxylamine groups is 1. The lowest BCUT2D eigenvalue weighted by atomic mass is 10.0. The van der Waals surface area contributed by atoms with Gasteiger partial charge >= 0.3 is 0 Å². The fourth-order valence-electron chi connectivity index (χ4n) is 2.00. The highest BCUT2D eigenvalue weighted by atomic mass is 16.7. The highest BCUT2D eigenvalue weighted by Gasteiger charge is 2.21. The molecular weight excluding hydrogens is 238 g/mol. The van der Waals surface area contributed by atoms with Crippen LogP contribution in [0.4, 0.5) is 0 Å².